The molecule has 1 heterocycles. The molecule has 2 nitrogen and oxygen atoms in total. The molecule has 2 rings (SSSR count). The first-order valence-corrected chi connectivity index (χ1v) is 8.40. The summed E-state index contributed by atoms with van der Waals surface area (Å²) >= 11 is 1.80. The van der Waals surface area contributed by atoms with Gasteiger partial charge in [-0.3, -0.25) is 0 Å². The lowest BCUT2D eigenvalue weighted by atomic mass is 9.84. The average molecular weight is 266 g/mol. The van der Waals surface area contributed by atoms with E-state index in [2.05, 4.69) is 22.6 Å². The summed E-state index contributed by atoms with van der Waals surface area (Å²) in [7, 11) is 0. The second-order valence-corrected chi connectivity index (χ2v) is 6.38. The van der Waals surface area contributed by atoms with Crippen LogP contribution in [0.25, 0.3) is 0 Å². The normalized spacial score (nSPS) is 20.3. The van der Waals surface area contributed by atoms with E-state index in [4.69, 9.17) is 0 Å². The smallest absolute Gasteiger partial charge is 0.0940 e. The number of nitrogens with one attached hydrogen (secondary N) is 1. The molecule has 0 aliphatic heterocycles. The second-order valence-electron chi connectivity index (χ2n) is 5.40. The van der Waals surface area contributed by atoms with Crippen LogP contribution in [0.5, 0.6) is 0 Å². The Labute approximate surface area is 115 Å². The largest absolute Gasteiger partial charge is 0.314 e. The van der Waals surface area contributed by atoms with Gasteiger partial charge in [-0.05, 0) is 25.3 Å². The molecule has 1 aliphatic rings. The minimum absolute atomic E-state index is 0.638. The van der Waals surface area contributed by atoms with Crippen LogP contribution in [-0.4, -0.2) is 17.6 Å². The third-order valence-electron chi connectivity index (χ3n) is 4.06. The Balaban J connectivity index is 1.93. The number of hydrogen-bond acceptors (Lipinski definition) is 3. The zero-order valence-electron chi connectivity index (χ0n) is 11.5. The second kappa shape index (κ2) is 7.90. The standard InChI is InChI=1S/C15H26N2S/c1-2-16-14(12-15-17-10-11-18-15)13-8-6-4-3-5-7-9-13/h10-11,13-14,16H,2-9,12H2,1H3. The van der Waals surface area contributed by atoms with Crippen molar-refractivity contribution in [3.8, 4) is 0 Å². The molecule has 0 amide bonds. The van der Waals surface area contributed by atoms with E-state index in [-0.39, 0.29) is 0 Å². The molecule has 3 heteroatoms. The topological polar surface area (TPSA) is 24.9 Å². The Kier molecular flexibility index (Phi) is 6.15. The van der Waals surface area contributed by atoms with Crippen LogP contribution in [-0.2, 0) is 6.42 Å². The van der Waals surface area contributed by atoms with Gasteiger partial charge in [0, 0.05) is 24.0 Å². The molecule has 0 bridgehead atoms. The van der Waals surface area contributed by atoms with E-state index in [1.807, 2.05) is 6.20 Å². The van der Waals surface area contributed by atoms with Crippen LogP contribution < -0.4 is 5.32 Å². The number of rotatable bonds is 5. The zero-order chi connectivity index (χ0) is 12.6. The summed E-state index contributed by atoms with van der Waals surface area (Å²) in [5, 5.41) is 7.09. The highest BCUT2D eigenvalue weighted by Crippen LogP contribution is 2.26. The molecule has 0 spiro atoms. The third-order valence-corrected chi connectivity index (χ3v) is 4.87. The summed E-state index contributed by atoms with van der Waals surface area (Å²) in [5.41, 5.74) is 0. The van der Waals surface area contributed by atoms with E-state index in [0.717, 1.165) is 18.9 Å². The fraction of sp³-hybridized carbons (Fsp3) is 0.800. The van der Waals surface area contributed by atoms with Crippen LogP contribution in [0, 0.1) is 5.92 Å². The SMILES string of the molecule is CCNC(Cc1nccs1)C1CCCCCCC1. The Morgan fingerprint density at radius 2 is 2.00 bits per heavy atom. The first kappa shape index (κ1) is 14.0. The summed E-state index contributed by atoms with van der Waals surface area (Å²) in [6.07, 6.45) is 13.0. The number of aromatic nitrogens is 1. The molecule has 0 aromatic carbocycles. The molecule has 1 N–H and O–H groups in total. The first-order valence-electron chi connectivity index (χ1n) is 7.52. The van der Waals surface area contributed by atoms with Gasteiger partial charge in [-0.1, -0.05) is 39.0 Å². The predicted molar refractivity (Wildman–Crippen MR) is 79.1 cm³/mol. The van der Waals surface area contributed by atoms with Crippen molar-refractivity contribution in [1.82, 2.24) is 10.3 Å². The maximum atomic E-state index is 4.45. The molecule has 1 atom stereocenters. The van der Waals surface area contributed by atoms with Gasteiger partial charge in [0.15, 0.2) is 0 Å². The molecule has 1 aromatic heterocycles. The van der Waals surface area contributed by atoms with Gasteiger partial charge in [0.2, 0.25) is 0 Å². The van der Waals surface area contributed by atoms with Crippen molar-refractivity contribution in [1.29, 1.82) is 0 Å². The molecule has 1 unspecified atom stereocenters. The Morgan fingerprint density at radius 3 is 2.61 bits per heavy atom. The van der Waals surface area contributed by atoms with Crippen molar-refractivity contribution in [2.75, 3.05) is 6.54 Å². The number of thiazole rings is 1. The summed E-state index contributed by atoms with van der Waals surface area (Å²) in [5.74, 6) is 0.856. The number of likely N-dealkylation sites (N-methyl/N-ethyl adjacent to an activating group) is 1. The van der Waals surface area contributed by atoms with Crippen molar-refractivity contribution in [3.05, 3.63) is 16.6 Å². The lowest BCUT2D eigenvalue weighted by molar-refractivity contribution is 0.286. The quantitative estimate of drug-likeness (QED) is 0.870. The van der Waals surface area contributed by atoms with Gasteiger partial charge in [0.1, 0.15) is 0 Å². The van der Waals surface area contributed by atoms with Gasteiger partial charge >= 0.3 is 0 Å². The highest BCUT2D eigenvalue weighted by molar-refractivity contribution is 7.09. The molecule has 0 radical (unpaired) electrons. The molecular formula is C15H26N2S. The Morgan fingerprint density at radius 1 is 1.28 bits per heavy atom. The molecular weight excluding hydrogens is 240 g/mol. The van der Waals surface area contributed by atoms with Gasteiger partial charge < -0.3 is 5.32 Å². The maximum Gasteiger partial charge on any atom is 0.0940 e. The fourth-order valence-corrected chi connectivity index (χ4v) is 3.78. The van der Waals surface area contributed by atoms with Crippen LogP contribution >= 0.6 is 11.3 Å². The van der Waals surface area contributed by atoms with E-state index in [9.17, 15) is 0 Å². The summed E-state index contributed by atoms with van der Waals surface area (Å²) in [6, 6.07) is 0.638. The predicted octanol–water partition coefficient (Wildman–Crippen LogP) is 4.02. The zero-order valence-corrected chi connectivity index (χ0v) is 12.3. The highest BCUT2D eigenvalue weighted by Gasteiger charge is 2.22. The van der Waals surface area contributed by atoms with Crippen molar-refractivity contribution in [2.24, 2.45) is 5.92 Å². The summed E-state index contributed by atoms with van der Waals surface area (Å²) in [6.45, 7) is 3.30. The minimum atomic E-state index is 0.638. The molecule has 0 saturated heterocycles. The summed E-state index contributed by atoms with van der Waals surface area (Å²) in [4.78, 5) is 4.45. The average Bonchev–Trinajstić information content (AvgIpc) is 2.81. The lowest BCUT2D eigenvalue weighted by Crippen LogP contribution is -2.38. The monoisotopic (exact) mass is 266 g/mol. The van der Waals surface area contributed by atoms with Crippen LogP contribution in [0.4, 0.5) is 0 Å². The van der Waals surface area contributed by atoms with Crippen molar-refractivity contribution in [2.45, 2.75) is 64.3 Å². The lowest BCUT2D eigenvalue weighted by Gasteiger charge is -2.29. The molecule has 1 saturated carbocycles. The Hall–Kier alpha value is -0.410. The van der Waals surface area contributed by atoms with Gasteiger partial charge in [-0.2, -0.15) is 0 Å². The first-order chi connectivity index (χ1) is 8.90. The van der Waals surface area contributed by atoms with Crippen LogP contribution in [0.2, 0.25) is 0 Å². The van der Waals surface area contributed by atoms with E-state index >= 15 is 0 Å². The van der Waals surface area contributed by atoms with Crippen LogP contribution in [0.1, 0.15) is 56.9 Å². The maximum absolute atomic E-state index is 4.45. The van der Waals surface area contributed by atoms with Gasteiger partial charge in [0.25, 0.3) is 0 Å². The molecule has 18 heavy (non-hydrogen) atoms. The number of nitrogens with zero attached hydrogens (tertiary/aromatic N) is 1. The minimum Gasteiger partial charge on any atom is -0.314 e. The van der Waals surface area contributed by atoms with E-state index in [1.54, 1.807) is 11.3 Å². The fourth-order valence-electron chi connectivity index (χ4n) is 3.10. The van der Waals surface area contributed by atoms with Gasteiger partial charge in [0.05, 0.1) is 5.01 Å². The molecule has 1 aromatic rings. The van der Waals surface area contributed by atoms with Crippen molar-refractivity contribution < 1.29 is 0 Å². The molecule has 1 fully saturated rings. The van der Waals surface area contributed by atoms with E-state index in [0.29, 0.717) is 6.04 Å². The summed E-state index contributed by atoms with van der Waals surface area (Å²) < 4.78 is 0. The van der Waals surface area contributed by atoms with Crippen molar-refractivity contribution in [3.63, 3.8) is 0 Å². The molecule has 102 valence electrons. The van der Waals surface area contributed by atoms with Crippen LogP contribution in [0.15, 0.2) is 11.6 Å². The molecule has 1 aliphatic carbocycles. The van der Waals surface area contributed by atoms with E-state index < -0.39 is 0 Å². The number of hydrogen-bond donors (Lipinski definition) is 1. The van der Waals surface area contributed by atoms with E-state index in [1.165, 1.54) is 50.0 Å². The van der Waals surface area contributed by atoms with Crippen LogP contribution in [0.3, 0.4) is 0 Å². The third kappa shape index (κ3) is 4.36. The van der Waals surface area contributed by atoms with Gasteiger partial charge in [-0.15, -0.1) is 11.3 Å². The highest BCUT2D eigenvalue weighted by atomic mass is 32.1. The van der Waals surface area contributed by atoms with Gasteiger partial charge in [-0.25, -0.2) is 4.98 Å². The van der Waals surface area contributed by atoms with Crippen molar-refractivity contribution >= 4 is 11.3 Å². The Bertz CT molecular complexity index is 302.